The normalized spacial score (nSPS) is 10.8. The van der Waals surface area contributed by atoms with Crippen LogP contribution in [0.1, 0.15) is 47.9 Å². The zero-order chi connectivity index (χ0) is 19.1. The van der Waals surface area contributed by atoms with Crippen LogP contribution >= 0.6 is 0 Å². The van der Waals surface area contributed by atoms with E-state index in [2.05, 4.69) is 0 Å². The molecule has 0 aliphatic heterocycles. The lowest BCUT2D eigenvalue weighted by Gasteiger charge is -2.11. The van der Waals surface area contributed by atoms with Crippen molar-refractivity contribution >= 4 is 0 Å². The molecular weight excluding hydrogens is 328 g/mol. The predicted octanol–water partition coefficient (Wildman–Crippen LogP) is 5.35. The van der Waals surface area contributed by atoms with Crippen LogP contribution in [0.4, 0.5) is 0 Å². The Bertz CT molecular complexity index is 627. The molecule has 2 rings (SSSR count). The summed E-state index contributed by atoms with van der Waals surface area (Å²) in [6.45, 7) is 8.89. The molecule has 2 aromatic carbocycles. The van der Waals surface area contributed by atoms with Gasteiger partial charge in [-0.1, -0.05) is 0 Å². The summed E-state index contributed by atoms with van der Waals surface area (Å²) in [6.07, 6.45) is 4.17. The van der Waals surface area contributed by atoms with Crippen LogP contribution in [0, 0.1) is 27.7 Å². The average Bonchev–Trinajstić information content (AvgIpc) is 2.59. The van der Waals surface area contributed by atoms with Crippen LogP contribution in [-0.4, -0.2) is 23.4 Å². The highest BCUT2D eigenvalue weighted by molar-refractivity contribution is 5.45. The third-order valence-electron chi connectivity index (χ3n) is 4.51. The Kier molecular flexibility index (Phi) is 7.19. The molecular formula is C22H30O4. The maximum absolute atomic E-state index is 9.77. The van der Waals surface area contributed by atoms with Crippen molar-refractivity contribution in [2.45, 2.75) is 53.4 Å². The number of hydrogen-bond acceptors (Lipinski definition) is 4. The van der Waals surface area contributed by atoms with Gasteiger partial charge in [-0.15, -0.1) is 0 Å². The Morgan fingerprint density at radius 1 is 0.577 bits per heavy atom. The number of phenols is 2. The Labute approximate surface area is 156 Å². The van der Waals surface area contributed by atoms with Crippen LogP contribution in [0.3, 0.4) is 0 Å². The van der Waals surface area contributed by atoms with Gasteiger partial charge in [-0.25, -0.2) is 0 Å². The molecule has 2 N–H and O–H groups in total. The van der Waals surface area contributed by atoms with Gasteiger partial charge in [0.25, 0.3) is 0 Å². The number of aryl methyl sites for hydroxylation is 4. The monoisotopic (exact) mass is 358 g/mol. The van der Waals surface area contributed by atoms with E-state index in [4.69, 9.17) is 9.47 Å². The molecule has 0 radical (unpaired) electrons. The molecule has 0 amide bonds. The standard InChI is InChI=1S/C22H30O4/c1-15-11-19(12-16(2)21(15)23)25-9-7-5-6-8-10-26-20-13-17(3)22(24)18(4)14-20/h11-14,23-24H,5-10H2,1-4H3. The number of aromatic hydroxyl groups is 2. The van der Waals surface area contributed by atoms with Crippen molar-refractivity contribution in [2.24, 2.45) is 0 Å². The zero-order valence-corrected chi connectivity index (χ0v) is 16.3. The van der Waals surface area contributed by atoms with Gasteiger partial charge in [0.1, 0.15) is 23.0 Å². The van der Waals surface area contributed by atoms with E-state index in [1.807, 2.05) is 52.0 Å². The van der Waals surface area contributed by atoms with Gasteiger partial charge in [0.15, 0.2) is 0 Å². The van der Waals surface area contributed by atoms with Crippen molar-refractivity contribution in [3.63, 3.8) is 0 Å². The fourth-order valence-electron chi connectivity index (χ4n) is 2.94. The molecule has 0 bridgehead atoms. The van der Waals surface area contributed by atoms with E-state index in [1.54, 1.807) is 0 Å². The second-order valence-electron chi connectivity index (χ2n) is 6.92. The Morgan fingerprint density at radius 3 is 1.19 bits per heavy atom. The highest BCUT2D eigenvalue weighted by Gasteiger charge is 2.05. The van der Waals surface area contributed by atoms with Crippen LogP contribution in [0.15, 0.2) is 24.3 Å². The van der Waals surface area contributed by atoms with Crippen molar-refractivity contribution in [3.8, 4) is 23.0 Å². The van der Waals surface area contributed by atoms with E-state index in [0.717, 1.165) is 59.4 Å². The molecule has 0 atom stereocenters. The molecule has 0 spiro atoms. The molecule has 0 saturated heterocycles. The van der Waals surface area contributed by atoms with E-state index in [0.29, 0.717) is 24.7 Å². The minimum absolute atomic E-state index is 0.344. The van der Waals surface area contributed by atoms with Crippen molar-refractivity contribution in [1.29, 1.82) is 0 Å². The molecule has 0 aromatic heterocycles. The lowest BCUT2D eigenvalue weighted by Crippen LogP contribution is -2.00. The molecule has 0 fully saturated rings. The van der Waals surface area contributed by atoms with Gasteiger partial charge in [-0.05, 0) is 99.9 Å². The SMILES string of the molecule is Cc1cc(OCCCCCCOc2cc(C)c(O)c(C)c2)cc(C)c1O. The molecule has 0 saturated carbocycles. The highest BCUT2D eigenvalue weighted by atomic mass is 16.5. The second-order valence-corrected chi connectivity index (χ2v) is 6.92. The van der Waals surface area contributed by atoms with Gasteiger partial charge >= 0.3 is 0 Å². The summed E-state index contributed by atoms with van der Waals surface area (Å²) in [4.78, 5) is 0. The molecule has 0 aliphatic carbocycles. The quantitative estimate of drug-likeness (QED) is 0.593. The maximum atomic E-state index is 9.77. The average molecular weight is 358 g/mol. The molecule has 4 nitrogen and oxygen atoms in total. The largest absolute Gasteiger partial charge is 0.507 e. The van der Waals surface area contributed by atoms with Crippen LogP contribution in [0.2, 0.25) is 0 Å². The van der Waals surface area contributed by atoms with Crippen molar-refractivity contribution in [1.82, 2.24) is 0 Å². The van der Waals surface area contributed by atoms with Crippen LogP contribution in [0.25, 0.3) is 0 Å². The van der Waals surface area contributed by atoms with Gasteiger partial charge in [0.05, 0.1) is 13.2 Å². The minimum atomic E-state index is 0.344. The summed E-state index contributed by atoms with van der Waals surface area (Å²) in [7, 11) is 0. The van der Waals surface area contributed by atoms with Gasteiger partial charge < -0.3 is 19.7 Å². The topological polar surface area (TPSA) is 58.9 Å². The number of phenolic OH excluding ortho intramolecular Hbond substituents is 2. The Morgan fingerprint density at radius 2 is 0.885 bits per heavy atom. The van der Waals surface area contributed by atoms with Crippen LogP contribution < -0.4 is 9.47 Å². The third-order valence-corrected chi connectivity index (χ3v) is 4.51. The molecule has 0 unspecified atom stereocenters. The summed E-state index contributed by atoms with van der Waals surface area (Å²) in [5, 5.41) is 19.5. The highest BCUT2D eigenvalue weighted by Crippen LogP contribution is 2.28. The first-order valence-corrected chi connectivity index (χ1v) is 9.24. The van der Waals surface area contributed by atoms with Crippen molar-refractivity contribution in [3.05, 3.63) is 46.5 Å². The third kappa shape index (κ3) is 5.58. The first-order valence-electron chi connectivity index (χ1n) is 9.24. The summed E-state index contributed by atoms with van der Waals surface area (Å²) in [5.74, 6) is 2.33. The Balaban J connectivity index is 1.60. The zero-order valence-electron chi connectivity index (χ0n) is 16.3. The number of hydrogen-bond donors (Lipinski definition) is 2. The Hall–Kier alpha value is -2.36. The summed E-state index contributed by atoms with van der Waals surface area (Å²) in [5.41, 5.74) is 3.38. The smallest absolute Gasteiger partial charge is 0.121 e. The molecule has 0 aliphatic rings. The molecule has 26 heavy (non-hydrogen) atoms. The van der Waals surface area contributed by atoms with Crippen molar-refractivity contribution < 1.29 is 19.7 Å². The lowest BCUT2D eigenvalue weighted by molar-refractivity contribution is 0.287. The first kappa shape index (κ1) is 20.0. The molecule has 142 valence electrons. The second kappa shape index (κ2) is 9.37. The van der Waals surface area contributed by atoms with Crippen LogP contribution in [-0.2, 0) is 0 Å². The van der Waals surface area contributed by atoms with Gasteiger partial charge in [0.2, 0.25) is 0 Å². The number of benzene rings is 2. The predicted molar refractivity (Wildman–Crippen MR) is 105 cm³/mol. The molecule has 4 heteroatoms. The van der Waals surface area contributed by atoms with Gasteiger partial charge in [-0.2, -0.15) is 0 Å². The lowest BCUT2D eigenvalue weighted by atomic mass is 10.1. The summed E-state index contributed by atoms with van der Waals surface area (Å²) < 4.78 is 11.5. The maximum Gasteiger partial charge on any atom is 0.121 e. The van der Waals surface area contributed by atoms with E-state index >= 15 is 0 Å². The van der Waals surface area contributed by atoms with Gasteiger partial charge in [0, 0.05) is 0 Å². The van der Waals surface area contributed by atoms with E-state index in [1.165, 1.54) is 0 Å². The fraction of sp³-hybridized carbons (Fsp3) is 0.455. The number of rotatable bonds is 9. The van der Waals surface area contributed by atoms with E-state index in [9.17, 15) is 10.2 Å². The minimum Gasteiger partial charge on any atom is -0.507 e. The summed E-state index contributed by atoms with van der Waals surface area (Å²) in [6, 6.07) is 7.49. The molecule has 2 aromatic rings. The fourth-order valence-corrected chi connectivity index (χ4v) is 2.94. The number of ether oxygens (including phenoxy) is 2. The summed E-state index contributed by atoms with van der Waals surface area (Å²) >= 11 is 0. The van der Waals surface area contributed by atoms with Crippen LogP contribution in [0.5, 0.6) is 23.0 Å². The molecule has 0 heterocycles. The van der Waals surface area contributed by atoms with Gasteiger partial charge in [-0.3, -0.25) is 0 Å². The number of unbranched alkanes of at least 4 members (excludes halogenated alkanes) is 3. The first-order chi connectivity index (χ1) is 12.4. The van der Waals surface area contributed by atoms with E-state index < -0.39 is 0 Å². The van der Waals surface area contributed by atoms with E-state index in [-0.39, 0.29) is 0 Å². The van der Waals surface area contributed by atoms with Crippen molar-refractivity contribution in [2.75, 3.05) is 13.2 Å².